The van der Waals surface area contributed by atoms with Crippen molar-refractivity contribution >= 4 is 17.3 Å². The fourth-order valence-electron chi connectivity index (χ4n) is 3.24. The molecule has 1 fully saturated rings. The average Bonchev–Trinajstić information content (AvgIpc) is 2.68. The van der Waals surface area contributed by atoms with Crippen LogP contribution >= 0.6 is 0 Å². The number of halogens is 2. The Morgan fingerprint density at radius 2 is 1.61 bits per heavy atom. The highest BCUT2D eigenvalue weighted by Crippen LogP contribution is 2.28. The van der Waals surface area contributed by atoms with E-state index < -0.39 is 11.6 Å². The third-order valence-electron chi connectivity index (χ3n) is 4.95. The first-order valence-corrected chi connectivity index (χ1v) is 9.01. The molecule has 2 N–H and O–H groups in total. The number of anilines is 2. The van der Waals surface area contributed by atoms with Crippen LogP contribution in [0.1, 0.15) is 11.1 Å². The maximum atomic E-state index is 13.5. The van der Waals surface area contributed by atoms with Crippen molar-refractivity contribution < 1.29 is 18.7 Å². The van der Waals surface area contributed by atoms with Crippen molar-refractivity contribution in [1.82, 2.24) is 4.90 Å². The Bertz CT molecular complexity index is 860. The molecule has 3 rings (SSSR count). The Kier molecular flexibility index (Phi) is 5.87. The van der Waals surface area contributed by atoms with Crippen LogP contribution in [-0.2, 0) is 0 Å². The minimum atomic E-state index is -0.599. The third-order valence-corrected chi connectivity index (χ3v) is 4.95. The second-order valence-corrected chi connectivity index (χ2v) is 6.79. The van der Waals surface area contributed by atoms with E-state index in [9.17, 15) is 14.0 Å². The summed E-state index contributed by atoms with van der Waals surface area (Å²) in [5.74, 6) is -0.248. The minimum Gasteiger partial charge on any atom is -0.495 e. The number of aryl methyl sites for hydroxylation is 2. The number of hydrogen-bond acceptors (Lipinski definition) is 4. The van der Waals surface area contributed by atoms with Gasteiger partial charge in [0, 0.05) is 37.9 Å². The molecule has 28 heavy (non-hydrogen) atoms. The Morgan fingerprint density at radius 1 is 1.00 bits per heavy atom. The number of ether oxygens (including phenoxy) is 1. The molecule has 1 aliphatic heterocycles. The fourth-order valence-corrected chi connectivity index (χ4v) is 3.24. The van der Waals surface area contributed by atoms with Gasteiger partial charge in [0.2, 0.25) is 5.96 Å². The van der Waals surface area contributed by atoms with Crippen LogP contribution in [0.3, 0.4) is 0 Å². The van der Waals surface area contributed by atoms with Crippen molar-refractivity contribution in [3.8, 4) is 5.75 Å². The lowest BCUT2D eigenvalue weighted by Crippen LogP contribution is -2.50. The van der Waals surface area contributed by atoms with E-state index in [2.05, 4.69) is 10.5 Å². The summed E-state index contributed by atoms with van der Waals surface area (Å²) in [5.41, 5.74) is 3.39. The van der Waals surface area contributed by atoms with E-state index in [0.717, 1.165) is 17.2 Å². The van der Waals surface area contributed by atoms with Gasteiger partial charge in [0.1, 0.15) is 17.4 Å². The summed E-state index contributed by atoms with van der Waals surface area (Å²) in [7, 11) is 1.59. The largest absolute Gasteiger partial charge is 0.495 e. The molecule has 0 radical (unpaired) electrons. The number of methoxy groups -OCH3 is 1. The topological polar surface area (TPSA) is 60.3 Å². The summed E-state index contributed by atoms with van der Waals surface area (Å²) >= 11 is 0. The number of rotatable bonds is 3. The molecule has 1 heterocycles. The van der Waals surface area contributed by atoms with E-state index in [0.29, 0.717) is 49.3 Å². The second-order valence-electron chi connectivity index (χ2n) is 6.79. The van der Waals surface area contributed by atoms with Gasteiger partial charge in [-0.1, -0.05) is 5.16 Å². The van der Waals surface area contributed by atoms with Crippen LogP contribution in [0.4, 0.5) is 20.2 Å². The molecule has 0 unspecified atom stereocenters. The van der Waals surface area contributed by atoms with Crippen molar-refractivity contribution in [2.24, 2.45) is 5.16 Å². The highest BCUT2D eigenvalue weighted by molar-refractivity contribution is 5.95. The van der Waals surface area contributed by atoms with Crippen LogP contribution in [0.5, 0.6) is 5.75 Å². The lowest BCUT2D eigenvalue weighted by atomic mass is 10.1. The number of guanidine groups is 1. The number of oxime groups is 1. The Hall–Kier alpha value is -3.03. The van der Waals surface area contributed by atoms with E-state index in [-0.39, 0.29) is 0 Å². The van der Waals surface area contributed by atoms with E-state index in [1.165, 1.54) is 12.1 Å². The van der Waals surface area contributed by atoms with E-state index in [4.69, 9.17) is 4.74 Å². The standard InChI is InChI=1S/C20H24F2N4O2/c1-13-8-18(19(28-3)9-14(13)2)23-20(24-27)26-6-4-25(5-7-26)17-11-15(21)10-16(22)12-17/h8-12,27H,4-7H2,1-3H3,(H,23,24). The molecule has 2 aromatic rings. The number of hydrogen-bond donors (Lipinski definition) is 2. The van der Waals surface area contributed by atoms with E-state index in [1.54, 1.807) is 7.11 Å². The summed E-state index contributed by atoms with van der Waals surface area (Å²) < 4.78 is 32.3. The van der Waals surface area contributed by atoms with Gasteiger partial charge in [0.25, 0.3) is 0 Å². The molecule has 0 bridgehead atoms. The molecule has 0 aliphatic carbocycles. The lowest BCUT2D eigenvalue weighted by Gasteiger charge is -2.37. The zero-order valence-corrected chi connectivity index (χ0v) is 16.2. The predicted molar refractivity (Wildman–Crippen MR) is 105 cm³/mol. The molecule has 1 aliphatic rings. The van der Waals surface area contributed by atoms with Crippen molar-refractivity contribution in [2.75, 3.05) is 43.5 Å². The smallest absolute Gasteiger partial charge is 0.240 e. The van der Waals surface area contributed by atoms with Gasteiger partial charge in [0.15, 0.2) is 0 Å². The molecule has 6 nitrogen and oxygen atoms in total. The molecule has 2 aromatic carbocycles. The van der Waals surface area contributed by atoms with Gasteiger partial charge >= 0.3 is 0 Å². The van der Waals surface area contributed by atoms with Gasteiger partial charge in [-0.05, 0) is 49.2 Å². The Labute approximate surface area is 163 Å². The first-order chi connectivity index (χ1) is 13.4. The fraction of sp³-hybridized carbons (Fsp3) is 0.350. The van der Waals surface area contributed by atoms with Crippen LogP contribution in [0, 0.1) is 25.5 Å². The summed E-state index contributed by atoms with van der Waals surface area (Å²) in [6, 6.07) is 7.35. The van der Waals surface area contributed by atoms with Crippen molar-refractivity contribution in [3.05, 3.63) is 53.1 Å². The normalized spacial score (nSPS) is 15.0. The quantitative estimate of drug-likeness (QED) is 0.363. The second kappa shape index (κ2) is 8.33. The van der Waals surface area contributed by atoms with Gasteiger partial charge in [-0.2, -0.15) is 0 Å². The van der Waals surface area contributed by atoms with Gasteiger partial charge in [-0.25, -0.2) is 8.78 Å². The average molecular weight is 390 g/mol. The molecular weight excluding hydrogens is 366 g/mol. The van der Waals surface area contributed by atoms with E-state index in [1.807, 2.05) is 35.8 Å². The molecule has 0 atom stereocenters. The summed E-state index contributed by atoms with van der Waals surface area (Å²) in [6.45, 7) is 6.11. The van der Waals surface area contributed by atoms with Crippen molar-refractivity contribution in [1.29, 1.82) is 0 Å². The van der Waals surface area contributed by atoms with Crippen LogP contribution in [0.2, 0.25) is 0 Å². The molecule has 0 amide bonds. The molecule has 0 saturated carbocycles. The molecule has 1 saturated heterocycles. The maximum absolute atomic E-state index is 13.5. The number of piperazine rings is 1. The third kappa shape index (κ3) is 4.27. The first kappa shape index (κ1) is 19.7. The van der Waals surface area contributed by atoms with Crippen molar-refractivity contribution in [2.45, 2.75) is 13.8 Å². The van der Waals surface area contributed by atoms with E-state index >= 15 is 0 Å². The summed E-state index contributed by atoms with van der Waals surface area (Å²) in [4.78, 5) is 3.77. The van der Waals surface area contributed by atoms with Gasteiger partial charge < -0.3 is 25.1 Å². The highest BCUT2D eigenvalue weighted by atomic mass is 19.1. The van der Waals surface area contributed by atoms with Crippen LogP contribution in [0.25, 0.3) is 0 Å². The Morgan fingerprint density at radius 3 is 2.18 bits per heavy atom. The first-order valence-electron chi connectivity index (χ1n) is 9.01. The number of nitrogens with one attached hydrogen (secondary N) is 1. The minimum absolute atomic E-state index is 0.298. The predicted octanol–water partition coefficient (Wildman–Crippen LogP) is 3.57. The lowest BCUT2D eigenvalue weighted by molar-refractivity contribution is 0.295. The molecule has 0 spiro atoms. The number of nitrogens with zero attached hydrogens (tertiary/aromatic N) is 3. The molecular formula is C20H24F2N4O2. The molecule has 0 aromatic heterocycles. The number of benzene rings is 2. The maximum Gasteiger partial charge on any atom is 0.240 e. The van der Waals surface area contributed by atoms with Crippen LogP contribution in [0.15, 0.2) is 35.5 Å². The summed E-state index contributed by atoms with van der Waals surface area (Å²) in [5, 5.41) is 16.0. The molecule has 150 valence electrons. The highest BCUT2D eigenvalue weighted by Gasteiger charge is 2.22. The van der Waals surface area contributed by atoms with Gasteiger partial charge in [0.05, 0.1) is 12.8 Å². The van der Waals surface area contributed by atoms with Crippen molar-refractivity contribution in [3.63, 3.8) is 0 Å². The zero-order chi connectivity index (χ0) is 20.3. The Balaban J connectivity index is 1.70. The zero-order valence-electron chi connectivity index (χ0n) is 16.2. The SMILES string of the molecule is COc1cc(C)c(C)cc1NC(=NO)N1CCN(c2cc(F)cc(F)c2)CC1. The molecule has 8 heteroatoms. The van der Waals surface area contributed by atoms with Gasteiger partial charge in [-0.15, -0.1) is 0 Å². The summed E-state index contributed by atoms with van der Waals surface area (Å²) in [6.07, 6.45) is 0. The van der Waals surface area contributed by atoms with Crippen LogP contribution < -0.4 is 15.0 Å². The monoisotopic (exact) mass is 390 g/mol. The van der Waals surface area contributed by atoms with Crippen LogP contribution in [-0.4, -0.2) is 49.4 Å². The van der Waals surface area contributed by atoms with Gasteiger partial charge in [-0.3, -0.25) is 0 Å².